The lowest BCUT2D eigenvalue weighted by Crippen LogP contribution is -2.42. The molecule has 2 aliphatic rings. The van der Waals surface area contributed by atoms with Crippen molar-refractivity contribution in [3.63, 3.8) is 0 Å². The SMILES string of the molecule is COc1cc(CCN2C(=O)c3cccc4cccc(c34)C2=O)c(S(=O)(=O)N2CCC(Cc3ccccc3)CC2)cc1OC. The molecule has 6 rings (SSSR count). The van der Waals surface area contributed by atoms with Gasteiger partial charge in [0.2, 0.25) is 10.0 Å². The fourth-order valence-corrected chi connectivity index (χ4v) is 8.01. The van der Waals surface area contributed by atoms with E-state index in [1.54, 1.807) is 30.3 Å². The molecule has 0 aliphatic carbocycles. The summed E-state index contributed by atoms with van der Waals surface area (Å²) in [6.07, 6.45) is 2.58. The predicted octanol–water partition coefficient (Wildman–Crippen LogP) is 5.34. The topological polar surface area (TPSA) is 93.2 Å². The molecule has 0 radical (unpaired) electrons. The van der Waals surface area contributed by atoms with Crippen molar-refractivity contribution in [3.05, 3.63) is 101 Å². The highest BCUT2D eigenvalue weighted by molar-refractivity contribution is 7.89. The molecule has 0 unspecified atom stereocenters. The number of amides is 2. The van der Waals surface area contributed by atoms with Gasteiger partial charge in [0.15, 0.2) is 11.5 Å². The van der Waals surface area contributed by atoms with Gasteiger partial charge < -0.3 is 9.47 Å². The molecule has 2 aliphatic heterocycles. The minimum Gasteiger partial charge on any atom is -0.493 e. The van der Waals surface area contributed by atoms with Gasteiger partial charge in [-0.15, -0.1) is 0 Å². The minimum absolute atomic E-state index is 0.0134. The fraction of sp³-hybridized carbons (Fsp3) is 0.294. The molecule has 0 atom stereocenters. The van der Waals surface area contributed by atoms with Crippen molar-refractivity contribution in [2.45, 2.75) is 30.6 Å². The zero-order valence-electron chi connectivity index (χ0n) is 24.3. The normalized spacial score (nSPS) is 16.1. The smallest absolute Gasteiger partial charge is 0.261 e. The second-order valence-electron chi connectivity index (χ2n) is 11.1. The van der Waals surface area contributed by atoms with Gasteiger partial charge in [-0.05, 0) is 66.3 Å². The fourth-order valence-electron chi connectivity index (χ4n) is 6.29. The third-order valence-corrected chi connectivity index (χ3v) is 10.6. The Balaban J connectivity index is 1.26. The summed E-state index contributed by atoms with van der Waals surface area (Å²) in [5, 5.41) is 1.48. The number of imide groups is 1. The van der Waals surface area contributed by atoms with E-state index in [1.165, 1.54) is 35.1 Å². The van der Waals surface area contributed by atoms with Crippen LogP contribution in [-0.4, -0.2) is 63.3 Å². The van der Waals surface area contributed by atoms with Crippen LogP contribution in [0.3, 0.4) is 0 Å². The number of hydrogen-bond donors (Lipinski definition) is 0. The molecule has 0 spiro atoms. The Morgan fingerprint density at radius 3 is 2.00 bits per heavy atom. The van der Waals surface area contributed by atoms with Crippen molar-refractivity contribution < 1.29 is 27.5 Å². The summed E-state index contributed by atoms with van der Waals surface area (Å²) >= 11 is 0. The van der Waals surface area contributed by atoms with Crippen LogP contribution in [0.1, 0.15) is 44.7 Å². The number of hydrogen-bond acceptors (Lipinski definition) is 6. The van der Waals surface area contributed by atoms with Gasteiger partial charge in [-0.25, -0.2) is 8.42 Å². The van der Waals surface area contributed by atoms with Gasteiger partial charge in [-0.3, -0.25) is 14.5 Å². The van der Waals surface area contributed by atoms with Crippen LogP contribution in [0, 0.1) is 5.92 Å². The van der Waals surface area contributed by atoms with E-state index in [0.717, 1.165) is 24.6 Å². The van der Waals surface area contributed by atoms with Gasteiger partial charge in [0, 0.05) is 42.2 Å². The summed E-state index contributed by atoms with van der Waals surface area (Å²) in [5.74, 6) is 0.306. The molecule has 8 nitrogen and oxygen atoms in total. The number of ether oxygens (including phenoxy) is 2. The van der Waals surface area contributed by atoms with Crippen LogP contribution >= 0.6 is 0 Å². The largest absolute Gasteiger partial charge is 0.493 e. The molecule has 2 amide bonds. The van der Waals surface area contributed by atoms with Crippen LogP contribution in [0.15, 0.2) is 83.8 Å². The molecule has 4 aromatic rings. The highest BCUT2D eigenvalue weighted by atomic mass is 32.2. The standard InChI is InChI=1S/C34H34N2O6S/c1-41-29-21-26(16-19-36-33(37)27-12-6-10-25-11-7-13-28(32(25)27)34(36)38)31(22-30(29)42-2)43(39,40)35-17-14-24(15-18-35)20-23-8-4-3-5-9-23/h3-13,21-22,24H,14-20H2,1-2H3. The lowest BCUT2D eigenvalue weighted by atomic mass is 9.91. The molecule has 9 heteroatoms. The molecule has 0 aromatic heterocycles. The highest BCUT2D eigenvalue weighted by Gasteiger charge is 2.35. The summed E-state index contributed by atoms with van der Waals surface area (Å²) in [6, 6.07) is 24.2. The quantitative estimate of drug-likeness (QED) is 0.242. The van der Waals surface area contributed by atoms with E-state index in [-0.39, 0.29) is 29.7 Å². The molecule has 2 heterocycles. The van der Waals surface area contributed by atoms with Crippen LogP contribution in [0.5, 0.6) is 11.5 Å². The van der Waals surface area contributed by atoms with E-state index in [4.69, 9.17) is 9.47 Å². The van der Waals surface area contributed by atoms with E-state index in [2.05, 4.69) is 12.1 Å². The lowest BCUT2D eigenvalue weighted by molar-refractivity contribution is 0.0612. The maximum absolute atomic E-state index is 14.1. The molecule has 0 N–H and O–H groups in total. The predicted molar refractivity (Wildman–Crippen MR) is 164 cm³/mol. The zero-order valence-corrected chi connectivity index (χ0v) is 25.1. The first-order valence-electron chi connectivity index (χ1n) is 14.5. The summed E-state index contributed by atoms with van der Waals surface area (Å²) in [7, 11) is -0.945. The summed E-state index contributed by atoms with van der Waals surface area (Å²) < 4.78 is 40.7. The van der Waals surface area contributed by atoms with Crippen molar-refractivity contribution in [1.82, 2.24) is 9.21 Å². The monoisotopic (exact) mass is 598 g/mol. The number of piperidine rings is 1. The third-order valence-electron chi connectivity index (χ3n) is 8.59. The number of nitrogens with zero attached hydrogens (tertiary/aromatic N) is 2. The Labute approximate surface area is 251 Å². The Morgan fingerprint density at radius 2 is 1.40 bits per heavy atom. The maximum Gasteiger partial charge on any atom is 0.261 e. The van der Waals surface area contributed by atoms with Crippen molar-refractivity contribution in [3.8, 4) is 11.5 Å². The second kappa shape index (κ2) is 11.8. The summed E-state index contributed by atoms with van der Waals surface area (Å²) in [6.45, 7) is 0.842. The Kier molecular flexibility index (Phi) is 7.94. The highest BCUT2D eigenvalue weighted by Crippen LogP contribution is 2.36. The summed E-state index contributed by atoms with van der Waals surface area (Å²) in [5.41, 5.74) is 2.64. The molecule has 0 saturated carbocycles. The van der Waals surface area contributed by atoms with Gasteiger partial charge in [0.1, 0.15) is 0 Å². The molecule has 1 saturated heterocycles. The van der Waals surface area contributed by atoms with Crippen molar-refractivity contribution in [1.29, 1.82) is 0 Å². The van der Waals surface area contributed by atoms with E-state index < -0.39 is 10.0 Å². The Hall–Kier alpha value is -4.21. The molecule has 43 heavy (non-hydrogen) atoms. The molecular weight excluding hydrogens is 564 g/mol. The van der Waals surface area contributed by atoms with Crippen molar-refractivity contribution in [2.75, 3.05) is 33.9 Å². The molecule has 4 aromatic carbocycles. The van der Waals surface area contributed by atoms with Crippen molar-refractivity contribution in [2.24, 2.45) is 5.92 Å². The maximum atomic E-state index is 14.1. The molecule has 1 fully saturated rings. The van der Waals surface area contributed by atoms with Crippen LogP contribution < -0.4 is 9.47 Å². The second-order valence-corrected chi connectivity index (χ2v) is 13.0. The summed E-state index contributed by atoms with van der Waals surface area (Å²) in [4.78, 5) is 28.3. The Morgan fingerprint density at radius 1 is 0.791 bits per heavy atom. The van der Waals surface area contributed by atoms with Crippen LogP contribution in [-0.2, 0) is 22.9 Å². The number of methoxy groups -OCH3 is 2. The van der Waals surface area contributed by atoms with E-state index in [0.29, 0.717) is 52.6 Å². The van der Waals surface area contributed by atoms with Crippen molar-refractivity contribution >= 4 is 32.6 Å². The first-order valence-corrected chi connectivity index (χ1v) is 15.9. The van der Waals surface area contributed by atoms with E-state index >= 15 is 0 Å². The van der Waals surface area contributed by atoms with E-state index in [1.807, 2.05) is 30.3 Å². The number of rotatable bonds is 9. The van der Waals surface area contributed by atoms with Gasteiger partial charge in [0.05, 0.1) is 19.1 Å². The minimum atomic E-state index is -3.90. The average Bonchev–Trinajstić information content (AvgIpc) is 3.03. The van der Waals surface area contributed by atoms with Gasteiger partial charge in [-0.1, -0.05) is 54.6 Å². The molecule has 222 valence electrons. The van der Waals surface area contributed by atoms with Crippen LogP contribution in [0.25, 0.3) is 10.8 Å². The Bertz CT molecular complexity index is 1750. The zero-order chi connectivity index (χ0) is 30.1. The first kappa shape index (κ1) is 28.9. The third kappa shape index (κ3) is 5.39. The number of carbonyl (C=O) groups is 2. The average molecular weight is 599 g/mol. The van der Waals surface area contributed by atoms with Crippen LogP contribution in [0.2, 0.25) is 0 Å². The number of benzene rings is 4. The van der Waals surface area contributed by atoms with E-state index in [9.17, 15) is 18.0 Å². The lowest BCUT2D eigenvalue weighted by Gasteiger charge is -2.32. The number of sulfonamides is 1. The molecular formula is C34H34N2O6S. The van der Waals surface area contributed by atoms with Gasteiger partial charge in [0.25, 0.3) is 11.8 Å². The first-order chi connectivity index (χ1) is 20.8. The molecule has 0 bridgehead atoms. The number of carbonyl (C=O) groups excluding carboxylic acids is 2. The van der Waals surface area contributed by atoms with Crippen LogP contribution in [0.4, 0.5) is 0 Å². The van der Waals surface area contributed by atoms with Gasteiger partial charge >= 0.3 is 0 Å². The van der Waals surface area contributed by atoms with Gasteiger partial charge in [-0.2, -0.15) is 4.31 Å².